The van der Waals surface area contributed by atoms with Crippen LogP contribution >= 0.6 is 23.2 Å². The van der Waals surface area contributed by atoms with Crippen molar-refractivity contribution in [2.45, 2.75) is 50.5 Å². The molecule has 2 saturated heterocycles. The van der Waals surface area contributed by atoms with E-state index < -0.39 is 0 Å². The van der Waals surface area contributed by atoms with Crippen LogP contribution in [0.4, 0.5) is 0 Å². The number of carbonyl (C=O) groups is 1. The maximum absolute atomic E-state index is 12.2. The first kappa shape index (κ1) is 28.5. The highest BCUT2D eigenvalue weighted by atomic mass is 35.5. The molecule has 0 radical (unpaired) electrons. The molecule has 0 bridgehead atoms. The van der Waals surface area contributed by atoms with Gasteiger partial charge in [-0.05, 0) is 74.7 Å². The van der Waals surface area contributed by atoms with E-state index in [0.29, 0.717) is 28.1 Å². The number of benzene rings is 3. The second-order valence-electron chi connectivity index (χ2n) is 11.4. The van der Waals surface area contributed by atoms with Gasteiger partial charge >= 0.3 is 5.97 Å². The first-order valence-corrected chi connectivity index (χ1v) is 15.5. The van der Waals surface area contributed by atoms with Gasteiger partial charge in [-0.2, -0.15) is 0 Å². The lowest BCUT2D eigenvalue weighted by Gasteiger charge is -2.35. The van der Waals surface area contributed by atoms with Crippen molar-refractivity contribution in [3.05, 3.63) is 87.2 Å². The van der Waals surface area contributed by atoms with Gasteiger partial charge in [0.15, 0.2) is 17.6 Å². The SMILES string of the molecule is COC(=O)c1ccc2nc(CN3CCC(c4cccc5c4O[C@H](c4ccc(Cl)cc4Cl)CO5)CC3)n(C[C@@H]3CCO3)c2c1. The Morgan fingerprint density at radius 3 is 2.63 bits per heavy atom. The van der Waals surface area contributed by atoms with Crippen LogP contribution in [0.2, 0.25) is 10.0 Å². The highest BCUT2D eigenvalue weighted by molar-refractivity contribution is 6.35. The van der Waals surface area contributed by atoms with Crippen molar-refractivity contribution in [1.29, 1.82) is 0 Å². The molecule has 0 N–H and O–H groups in total. The molecular formula is C33H33Cl2N3O5. The predicted octanol–water partition coefficient (Wildman–Crippen LogP) is 6.81. The summed E-state index contributed by atoms with van der Waals surface area (Å²) in [7, 11) is 1.40. The quantitative estimate of drug-likeness (QED) is 0.210. The van der Waals surface area contributed by atoms with Crippen LogP contribution in [0.25, 0.3) is 11.0 Å². The lowest BCUT2D eigenvalue weighted by molar-refractivity contribution is -0.0592. The van der Waals surface area contributed by atoms with Gasteiger partial charge in [0, 0.05) is 27.8 Å². The van der Waals surface area contributed by atoms with E-state index in [4.69, 9.17) is 47.1 Å². The van der Waals surface area contributed by atoms with Gasteiger partial charge in [-0.1, -0.05) is 41.4 Å². The minimum atomic E-state index is -0.349. The Labute approximate surface area is 260 Å². The summed E-state index contributed by atoms with van der Waals surface area (Å²) in [4.78, 5) is 19.7. The summed E-state index contributed by atoms with van der Waals surface area (Å²) in [6.45, 7) is 4.49. The molecule has 8 nitrogen and oxygen atoms in total. The molecule has 4 heterocycles. The fourth-order valence-corrected chi connectivity index (χ4v) is 6.86. The number of aromatic nitrogens is 2. The van der Waals surface area contributed by atoms with Gasteiger partial charge in [0.25, 0.3) is 0 Å². The highest BCUT2D eigenvalue weighted by Gasteiger charge is 2.31. The molecule has 0 unspecified atom stereocenters. The number of imidazole rings is 1. The van der Waals surface area contributed by atoms with Crippen molar-refractivity contribution in [2.75, 3.05) is 33.4 Å². The highest BCUT2D eigenvalue weighted by Crippen LogP contribution is 2.45. The van der Waals surface area contributed by atoms with Crippen molar-refractivity contribution < 1.29 is 23.7 Å². The summed E-state index contributed by atoms with van der Waals surface area (Å²) >= 11 is 12.6. The number of rotatable bonds is 7. The number of halogens is 2. The zero-order chi connectivity index (χ0) is 29.5. The average Bonchev–Trinajstić information content (AvgIpc) is 3.34. The Morgan fingerprint density at radius 1 is 1.05 bits per heavy atom. The van der Waals surface area contributed by atoms with E-state index in [1.165, 1.54) is 12.7 Å². The first-order chi connectivity index (χ1) is 21.0. The number of methoxy groups -OCH3 is 1. The molecule has 0 spiro atoms. The fourth-order valence-electron chi connectivity index (χ4n) is 6.33. The van der Waals surface area contributed by atoms with Crippen LogP contribution in [0.3, 0.4) is 0 Å². The van der Waals surface area contributed by atoms with Crippen molar-refractivity contribution in [1.82, 2.24) is 14.5 Å². The van der Waals surface area contributed by atoms with E-state index >= 15 is 0 Å². The first-order valence-electron chi connectivity index (χ1n) is 14.8. The minimum Gasteiger partial charge on any atom is -0.485 e. The number of piperidine rings is 1. The molecule has 7 rings (SSSR count). The number of hydrogen-bond donors (Lipinski definition) is 0. The molecule has 0 aliphatic carbocycles. The summed E-state index contributed by atoms with van der Waals surface area (Å²) < 4.78 is 25.6. The molecule has 10 heteroatoms. The third kappa shape index (κ3) is 5.69. The second-order valence-corrected chi connectivity index (χ2v) is 12.3. The Kier molecular flexibility index (Phi) is 7.95. The van der Waals surface area contributed by atoms with Crippen LogP contribution in [-0.4, -0.2) is 59.9 Å². The Morgan fingerprint density at radius 2 is 1.88 bits per heavy atom. The molecule has 2 fully saturated rings. The summed E-state index contributed by atoms with van der Waals surface area (Å²) in [6, 6.07) is 17.2. The zero-order valence-electron chi connectivity index (χ0n) is 23.9. The van der Waals surface area contributed by atoms with Crippen LogP contribution in [0.1, 0.15) is 58.6 Å². The number of likely N-dealkylation sites (tertiary alicyclic amines) is 1. The molecule has 1 aromatic heterocycles. The molecule has 3 aliphatic rings. The number of nitrogens with zero attached hydrogens (tertiary/aromatic N) is 3. The number of carbonyl (C=O) groups excluding carboxylic acids is 1. The lowest BCUT2D eigenvalue weighted by atomic mass is 9.88. The van der Waals surface area contributed by atoms with E-state index in [9.17, 15) is 4.79 Å². The van der Waals surface area contributed by atoms with Crippen LogP contribution in [0.15, 0.2) is 54.6 Å². The summed E-state index contributed by atoms with van der Waals surface area (Å²) in [5.74, 6) is 2.58. The Hall–Kier alpha value is -3.30. The third-order valence-electron chi connectivity index (χ3n) is 8.79. The molecule has 0 amide bonds. The molecule has 2 atom stereocenters. The van der Waals surface area contributed by atoms with Crippen molar-refractivity contribution >= 4 is 40.2 Å². The fraction of sp³-hybridized carbons (Fsp3) is 0.394. The molecule has 43 heavy (non-hydrogen) atoms. The number of fused-ring (bicyclic) bond motifs is 2. The number of hydrogen-bond acceptors (Lipinski definition) is 7. The molecular weight excluding hydrogens is 589 g/mol. The zero-order valence-corrected chi connectivity index (χ0v) is 25.4. The molecule has 4 aromatic rings. The van der Waals surface area contributed by atoms with Gasteiger partial charge in [0.2, 0.25) is 0 Å². The van der Waals surface area contributed by atoms with Crippen molar-refractivity contribution in [2.24, 2.45) is 0 Å². The Balaban J connectivity index is 1.07. The van der Waals surface area contributed by atoms with Gasteiger partial charge in [0.1, 0.15) is 12.4 Å². The van der Waals surface area contributed by atoms with E-state index in [1.54, 1.807) is 12.1 Å². The number of para-hydroxylation sites is 1. The standard InChI is InChI=1S/C33H33Cl2N3O5/c1-40-33(39)21-5-8-27-28(15-21)38(17-23-11-14-41-23)31(36-27)18-37-12-9-20(10-13-37)24-3-2-4-29-32(24)43-30(19-42-29)25-7-6-22(34)16-26(25)35/h2-8,15-16,20,23,30H,9-14,17-19H2,1H3/t23-,30-/m0/s1. The predicted molar refractivity (Wildman–Crippen MR) is 164 cm³/mol. The van der Waals surface area contributed by atoms with Crippen LogP contribution < -0.4 is 9.47 Å². The molecule has 3 aliphatic heterocycles. The summed E-state index contributed by atoms with van der Waals surface area (Å²) in [5.41, 5.74) is 4.38. The molecule has 224 valence electrons. The molecule has 0 saturated carbocycles. The van der Waals surface area contributed by atoms with Gasteiger partial charge in [0.05, 0.1) is 42.9 Å². The van der Waals surface area contributed by atoms with E-state index in [0.717, 1.165) is 86.0 Å². The van der Waals surface area contributed by atoms with E-state index in [-0.39, 0.29) is 18.2 Å². The average molecular weight is 623 g/mol. The second kappa shape index (κ2) is 12.0. The van der Waals surface area contributed by atoms with E-state index in [1.807, 2.05) is 36.4 Å². The third-order valence-corrected chi connectivity index (χ3v) is 9.35. The number of esters is 1. The van der Waals surface area contributed by atoms with Crippen molar-refractivity contribution in [3.63, 3.8) is 0 Å². The van der Waals surface area contributed by atoms with Crippen LogP contribution in [0.5, 0.6) is 11.5 Å². The summed E-state index contributed by atoms with van der Waals surface area (Å²) in [5, 5.41) is 1.17. The maximum Gasteiger partial charge on any atom is 0.337 e. The van der Waals surface area contributed by atoms with Crippen LogP contribution in [0, 0.1) is 0 Å². The topological polar surface area (TPSA) is 75.0 Å². The monoisotopic (exact) mass is 621 g/mol. The lowest BCUT2D eigenvalue weighted by Crippen LogP contribution is -2.35. The normalized spacial score (nSPS) is 20.6. The van der Waals surface area contributed by atoms with Crippen LogP contribution in [-0.2, 0) is 22.6 Å². The van der Waals surface area contributed by atoms with Gasteiger partial charge < -0.3 is 23.5 Å². The largest absolute Gasteiger partial charge is 0.485 e. The van der Waals surface area contributed by atoms with Gasteiger partial charge in [-0.3, -0.25) is 4.90 Å². The smallest absolute Gasteiger partial charge is 0.337 e. The number of ether oxygens (including phenoxy) is 4. The maximum atomic E-state index is 12.2. The Bertz CT molecular complexity index is 1660. The van der Waals surface area contributed by atoms with Gasteiger partial charge in [-0.15, -0.1) is 0 Å². The van der Waals surface area contributed by atoms with Crippen molar-refractivity contribution in [3.8, 4) is 11.5 Å². The molecule has 3 aromatic carbocycles. The van der Waals surface area contributed by atoms with E-state index in [2.05, 4.69) is 15.5 Å². The minimum absolute atomic E-state index is 0.168. The summed E-state index contributed by atoms with van der Waals surface area (Å²) in [6.07, 6.45) is 2.88. The van der Waals surface area contributed by atoms with Gasteiger partial charge in [-0.25, -0.2) is 9.78 Å².